The van der Waals surface area contributed by atoms with Gasteiger partial charge < -0.3 is 4.74 Å². The molecule has 0 aliphatic rings. The van der Waals surface area contributed by atoms with E-state index in [0.29, 0.717) is 5.56 Å². The number of carbonyl (C=O) groups is 2. The van der Waals surface area contributed by atoms with Gasteiger partial charge in [-0.2, -0.15) is 0 Å². The summed E-state index contributed by atoms with van der Waals surface area (Å²) in [6, 6.07) is 18.0. The highest BCUT2D eigenvalue weighted by Crippen LogP contribution is 2.28. The number of hydrogen-bond acceptors (Lipinski definition) is 3. The van der Waals surface area contributed by atoms with Gasteiger partial charge in [0.1, 0.15) is 0 Å². The molecule has 0 fully saturated rings. The Kier molecular flexibility index (Phi) is 4.67. The highest BCUT2D eigenvalue weighted by Gasteiger charge is 2.29. The van der Waals surface area contributed by atoms with Crippen molar-refractivity contribution in [2.45, 2.75) is 5.92 Å². The van der Waals surface area contributed by atoms with Gasteiger partial charge in [-0.05, 0) is 5.56 Å². The van der Waals surface area contributed by atoms with Crippen LogP contribution in [0.25, 0.3) is 0 Å². The number of esters is 1. The van der Waals surface area contributed by atoms with Crippen LogP contribution < -0.4 is 0 Å². The van der Waals surface area contributed by atoms with E-state index in [9.17, 15) is 9.59 Å². The first-order valence-electron chi connectivity index (χ1n) is 6.56. The number of carbonyl (C=O) groups excluding carboxylic acids is 2. The molecule has 1 atom stereocenters. The summed E-state index contributed by atoms with van der Waals surface area (Å²) in [4.78, 5) is 24.5. The molecule has 0 heterocycles. The molecule has 0 spiro atoms. The second kappa shape index (κ2) is 6.66. The lowest BCUT2D eigenvalue weighted by Gasteiger charge is -2.17. The summed E-state index contributed by atoms with van der Waals surface area (Å²) < 4.78 is 4.71. The van der Waals surface area contributed by atoms with Crippen LogP contribution >= 0.6 is 0 Å². The smallest absolute Gasteiger partial charge is 0.334 e. The molecule has 0 aromatic heterocycles. The lowest BCUT2D eigenvalue weighted by atomic mass is 9.85. The molecule has 2 aromatic carbocycles. The van der Waals surface area contributed by atoms with E-state index in [1.165, 1.54) is 7.11 Å². The third-order valence-electron chi connectivity index (χ3n) is 3.25. The predicted molar refractivity (Wildman–Crippen MR) is 81.1 cm³/mol. The van der Waals surface area contributed by atoms with Gasteiger partial charge in [-0.15, -0.1) is 0 Å². The fraction of sp³-hybridized carbons (Fsp3) is 0.111. The maximum atomic E-state index is 12.7. The molecule has 3 heteroatoms. The van der Waals surface area contributed by atoms with Crippen LogP contribution in [0.3, 0.4) is 0 Å². The second-order valence-corrected chi connectivity index (χ2v) is 4.59. The minimum Gasteiger partial charge on any atom is -0.466 e. The minimum absolute atomic E-state index is 0.137. The maximum absolute atomic E-state index is 12.7. The Bertz CT molecular complexity index is 645. The van der Waals surface area contributed by atoms with Crippen molar-refractivity contribution < 1.29 is 14.3 Å². The number of benzene rings is 2. The molecule has 0 N–H and O–H groups in total. The average Bonchev–Trinajstić information content (AvgIpc) is 2.56. The van der Waals surface area contributed by atoms with Gasteiger partial charge in [0.05, 0.1) is 13.0 Å². The number of ether oxygens (including phenoxy) is 1. The molecule has 0 radical (unpaired) electrons. The van der Waals surface area contributed by atoms with E-state index in [1.54, 1.807) is 36.4 Å². The highest BCUT2D eigenvalue weighted by molar-refractivity contribution is 6.08. The Morgan fingerprint density at radius 1 is 0.952 bits per heavy atom. The van der Waals surface area contributed by atoms with Crippen molar-refractivity contribution in [1.29, 1.82) is 0 Å². The van der Waals surface area contributed by atoms with Crippen molar-refractivity contribution in [1.82, 2.24) is 0 Å². The van der Waals surface area contributed by atoms with Crippen LogP contribution in [0.5, 0.6) is 0 Å². The van der Waals surface area contributed by atoms with Gasteiger partial charge in [-0.3, -0.25) is 4.79 Å². The summed E-state index contributed by atoms with van der Waals surface area (Å²) in [6.45, 7) is 3.75. The Balaban J connectivity index is 2.44. The maximum Gasteiger partial charge on any atom is 0.334 e. The third-order valence-corrected chi connectivity index (χ3v) is 3.25. The van der Waals surface area contributed by atoms with Gasteiger partial charge in [-0.25, -0.2) is 4.79 Å². The van der Waals surface area contributed by atoms with E-state index >= 15 is 0 Å². The van der Waals surface area contributed by atoms with Crippen molar-refractivity contribution in [3.05, 3.63) is 83.9 Å². The Morgan fingerprint density at radius 3 is 2.00 bits per heavy atom. The summed E-state index contributed by atoms with van der Waals surface area (Å²) in [5.41, 5.74) is 1.40. The van der Waals surface area contributed by atoms with E-state index in [1.807, 2.05) is 24.3 Å². The van der Waals surface area contributed by atoms with Crippen molar-refractivity contribution in [2.75, 3.05) is 7.11 Å². The van der Waals surface area contributed by atoms with Crippen LogP contribution in [0, 0.1) is 0 Å². The number of ketones is 1. The first kappa shape index (κ1) is 14.7. The number of hydrogen-bond donors (Lipinski definition) is 0. The Hall–Kier alpha value is -2.68. The topological polar surface area (TPSA) is 43.4 Å². The monoisotopic (exact) mass is 280 g/mol. The molecule has 3 nitrogen and oxygen atoms in total. The van der Waals surface area contributed by atoms with E-state index in [2.05, 4.69) is 6.58 Å². The van der Waals surface area contributed by atoms with Gasteiger partial charge in [0.25, 0.3) is 0 Å². The molecule has 0 saturated carbocycles. The van der Waals surface area contributed by atoms with Gasteiger partial charge >= 0.3 is 5.97 Å². The normalized spacial score (nSPS) is 11.5. The van der Waals surface area contributed by atoms with Crippen LogP contribution in [-0.4, -0.2) is 18.9 Å². The van der Waals surface area contributed by atoms with Gasteiger partial charge in [0, 0.05) is 11.1 Å². The first-order valence-corrected chi connectivity index (χ1v) is 6.56. The van der Waals surface area contributed by atoms with Gasteiger partial charge in [-0.1, -0.05) is 67.2 Å². The zero-order valence-corrected chi connectivity index (χ0v) is 11.8. The number of methoxy groups -OCH3 is 1. The summed E-state index contributed by atoms with van der Waals surface area (Å²) in [6.07, 6.45) is 0. The summed E-state index contributed by atoms with van der Waals surface area (Å²) in [7, 11) is 1.28. The molecule has 0 saturated heterocycles. The number of Topliss-reactive ketones (excluding diaryl/α,β-unsaturated/α-hetero) is 1. The van der Waals surface area contributed by atoms with E-state index < -0.39 is 11.9 Å². The predicted octanol–water partition coefficient (Wildman–Crippen LogP) is 3.38. The standard InChI is InChI=1S/C18H16O3/c1-13(18(20)21-2)16(14-9-5-3-6-10-14)17(19)15-11-7-4-8-12-15/h3-12,16H,1H2,2H3. The zero-order chi connectivity index (χ0) is 15.2. The lowest BCUT2D eigenvalue weighted by molar-refractivity contribution is -0.136. The summed E-state index contributed by atoms with van der Waals surface area (Å²) >= 11 is 0. The van der Waals surface area contributed by atoms with Crippen LogP contribution in [0.4, 0.5) is 0 Å². The highest BCUT2D eigenvalue weighted by atomic mass is 16.5. The quantitative estimate of drug-likeness (QED) is 0.479. The van der Waals surface area contributed by atoms with Crippen LogP contribution in [0.2, 0.25) is 0 Å². The van der Waals surface area contributed by atoms with Gasteiger partial charge in [0.15, 0.2) is 5.78 Å². The fourth-order valence-corrected chi connectivity index (χ4v) is 2.17. The fourth-order valence-electron chi connectivity index (χ4n) is 2.17. The van der Waals surface area contributed by atoms with Crippen LogP contribution in [0.15, 0.2) is 72.8 Å². The zero-order valence-electron chi connectivity index (χ0n) is 11.8. The van der Waals surface area contributed by atoms with Crippen molar-refractivity contribution in [3.8, 4) is 0 Å². The molecule has 2 rings (SSSR count). The minimum atomic E-state index is -0.735. The van der Waals surface area contributed by atoms with Crippen molar-refractivity contribution >= 4 is 11.8 Å². The van der Waals surface area contributed by atoms with E-state index in [4.69, 9.17) is 4.74 Å². The SMILES string of the molecule is C=C(C(=O)OC)C(C(=O)c1ccccc1)c1ccccc1. The molecule has 106 valence electrons. The molecular weight excluding hydrogens is 264 g/mol. The molecule has 0 aliphatic carbocycles. The van der Waals surface area contributed by atoms with E-state index in [0.717, 1.165) is 5.56 Å². The molecule has 1 unspecified atom stereocenters. The average molecular weight is 280 g/mol. The lowest BCUT2D eigenvalue weighted by Crippen LogP contribution is -2.20. The Labute approximate surface area is 123 Å². The molecular formula is C18H16O3. The van der Waals surface area contributed by atoms with Crippen molar-refractivity contribution in [2.24, 2.45) is 0 Å². The number of rotatable bonds is 5. The third kappa shape index (κ3) is 3.26. The molecule has 2 aromatic rings. The summed E-state index contributed by atoms with van der Waals surface area (Å²) in [5, 5.41) is 0. The Morgan fingerprint density at radius 2 is 1.48 bits per heavy atom. The van der Waals surface area contributed by atoms with Crippen LogP contribution in [0.1, 0.15) is 21.8 Å². The largest absolute Gasteiger partial charge is 0.466 e. The first-order chi connectivity index (χ1) is 10.1. The molecule has 0 aliphatic heterocycles. The van der Waals surface area contributed by atoms with E-state index in [-0.39, 0.29) is 11.4 Å². The molecule has 0 bridgehead atoms. The van der Waals surface area contributed by atoms with Crippen molar-refractivity contribution in [3.63, 3.8) is 0 Å². The van der Waals surface area contributed by atoms with Crippen LogP contribution in [-0.2, 0) is 9.53 Å². The molecule has 21 heavy (non-hydrogen) atoms. The second-order valence-electron chi connectivity index (χ2n) is 4.59. The molecule has 0 amide bonds. The van der Waals surface area contributed by atoms with Gasteiger partial charge in [0.2, 0.25) is 0 Å². The summed E-state index contributed by atoms with van der Waals surface area (Å²) in [5.74, 6) is -1.48.